The Balaban J connectivity index is 2.38. The summed E-state index contributed by atoms with van der Waals surface area (Å²) < 4.78 is 32.8. The van der Waals surface area contributed by atoms with E-state index in [1.807, 2.05) is 0 Å². The molecule has 1 N–H and O–H groups in total. The van der Waals surface area contributed by atoms with Gasteiger partial charge in [-0.05, 0) is 43.3 Å². The van der Waals surface area contributed by atoms with Gasteiger partial charge in [0.1, 0.15) is 11.6 Å². The molecule has 0 aliphatic heterocycles. The van der Waals surface area contributed by atoms with Crippen molar-refractivity contribution in [3.8, 4) is 11.5 Å². The summed E-state index contributed by atoms with van der Waals surface area (Å²) in [6.45, 7) is 1.49. The summed E-state index contributed by atoms with van der Waals surface area (Å²) in [5.74, 6) is -0.802. The normalized spacial score (nSPS) is 12.3. The van der Waals surface area contributed by atoms with Gasteiger partial charge in [0.25, 0.3) is 0 Å². The third kappa shape index (κ3) is 3.30. The lowest BCUT2D eigenvalue weighted by Gasteiger charge is -2.13. The van der Waals surface area contributed by atoms with Crippen molar-refractivity contribution >= 4 is 15.9 Å². The fraction of sp³-hybridized carbons (Fsp3) is 0.143. The van der Waals surface area contributed by atoms with Gasteiger partial charge < -0.3 is 9.84 Å². The topological polar surface area (TPSA) is 29.5 Å². The highest BCUT2D eigenvalue weighted by Crippen LogP contribution is 2.32. The van der Waals surface area contributed by atoms with E-state index >= 15 is 0 Å². The molecule has 0 aromatic heterocycles. The van der Waals surface area contributed by atoms with Crippen molar-refractivity contribution in [2.24, 2.45) is 0 Å². The van der Waals surface area contributed by atoms with E-state index in [2.05, 4.69) is 15.9 Å². The van der Waals surface area contributed by atoms with Crippen molar-refractivity contribution < 1.29 is 18.6 Å². The molecule has 0 saturated heterocycles. The molecule has 0 amide bonds. The fourth-order valence-corrected chi connectivity index (χ4v) is 1.95. The van der Waals surface area contributed by atoms with Gasteiger partial charge in [0.15, 0.2) is 11.6 Å². The summed E-state index contributed by atoms with van der Waals surface area (Å²) in [6, 6.07) is 8.06. The van der Waals surface area contributed by atoms with Crippen LogP contribution in [0, 0.1) is 11.6 Å². The molecule has 100 valence electrons. The minimum absolute atomic E-state index is 0.0108. The van der Waals surface area contributed by atoms with Gasteiger partial charge in [-0.3, -0.25) is 0 Å². The number of aliphatic hydroxyl groups is 1. The maximum atomic E-state index is 13.7. The molecule has 0 bridgehead atoms. The van der Waals surface area contributed by atoms with Gasteiger partial charge in [-0.2, -0.15) is 0 Å². The molecule has 0 heterocycles. The fourth-order valence-electron chi connectivity index (χ4n) is 1.62. The van der Waals surface area contributed by atoms with Crippen molar-refractivity contribution in [3.63, 3.8) is 0 Å². The van der Waals surface area contributed by atoms with E-state index < -0.39 is 17.7 Å². The molecule has 19 heavy (non-hydrogen) atoms. The second kappa shape index (κ2) is 5.67. The lowest BCUT2D eigenvalue weighted by molar-refractivity contribution is 0.195. The average molecular weight is 329 g/mol. The Morgan fingerprint density at radius 1 is 1.11 bits per heavy atom. The van der Waals surface area contributed by atoms with Crippen LogP contribution >= 0.6 is 15.9 Å². The summed E-state index contributed by atoms with van der Waals surface area (Å²) in [7, 11) is 0. The molecule has 0 saturated carbocycles. The number of aliphatic hydroxyl groups excluding tert-OH is 1. The Morgan fingerprint density at radius 2 is 1.79 bits per heavy atom. The van der Waals surface area contributed by atoms with Gasteiger partial charge in [-0.15, -0.1) is 0 Å². The number of halogens is 3. The van der Waals surface area contributed by atoms with E-state index in [1.54, 1.807) is 6.07 Å². The molecule has 0 radical (unpaired) electrons. The molecule has 0 spiro atoms. The molecular weight excluding hydrogens is 318 g/mol. The maximum Gasteiger partial charge on any atom is 0.166 e. The van der Waals surface area contributed by atoms with Gasteiger partial charge in [0.05, 0.1) is 6.10 Å². The molecule has 0 unspecified atom stereocenters. The quantitative estimate of drug-likeness (QED) is 0.894. The van der Waals surface area contributed by atoms with Crippen molar-refractivity contribution in [1.82, 2.24) is 0 Å². The van der Waals surface area contributed by atoms with Crippen LogP contribution in [0.3, 0.4) is 0 Å². The lowest BCUT2D eigenvalue weighted by atomic mass is 10.1. The van der Waals surface area contributed by atoms with Gasteiger partial charge in [-0.1, -0.05) is 15.9 Å². The average Bonchev–Trinajstić information content (AvgIpc) is 2.34. The van der Waals surface area contributed by atoms with E-state index in [9.17, 15) is 13.9 Å². The van der Waals surface area contributed by atoms with Crippen LogP contribution in [0.4, 0.5) is 8.78 Å². The Kier molecular flexibility index (Phi) is 4.17. The first-order valence-corrected chi connectivity index (χ1v) is 6.37. The predicted molar refractivity (Wildman–Crippen MR) is 71.2 cm³/mol. The van der Waals surface area contributed by atoms with Crippen LogP contribution in [0.2, 0.25) is 0 Å². The molecule has 1 atom stereocenters. The number of ether oxygens (including phenoxy) is 1. The zero-order chi connectivity index (χ0) is 14.0. The molecule has 2 aromatic carbocycles. The monoisotopic (exact) mass is 328 g/mol. The molecule has 2 rings (SSSR count). The third-order valence-electron chi connectivity index (χ3n) is 2.54. The highest BCUT2D eigenvalue weighted by molar-refractivity contribution is 9.10. The number of benzene rings is 2. The van der Waals surface area contributed by atoms with E-state index in [0.29, 0.717) is 4.47 Å². The van der Waals surface area contributed by atoms with Gasteiger partial charge in [0.2, 0.25) is 0 Å². The Morgan fingerprint density at radius 3 is 2.42 bits per heavy atom. The number of hydrogen-bond donors (Lipinski definition) is 1. The van der Waals surface area contributed by atoms with Crippen LogP contribution in [-0.4, -0.2) is 5.11 Å². The molecule has 2 nitrogen and oxygen atoms in total. The van der Waals surface area contributed by atoms with Gasteiger partial charge >= 0.3 is 0 Å². The zero-order valence-electron chi connectivity index (χ0n) is 10.0. The van der Waals surface area contributed by atoms with Gasteiger partial charge in [0, 0.05) is 10.0 Å². The second-order valence-electron chi connectivity index (χ2n) is 4.03. The first-order chi connectivity index (χ1) is 8.97. The minimum atomic E-state index is -0.913. The Labute approximate surface area is 117 Å². The summed E-state index contributed by atoms with van der Waals surface area (Å²) in [5, 5.41) is 9.57. The summed E-state index contributed by atoms with van der Waals surface area (Å²) >= 11 is 3.14. The van der Waals surface area contributed by atoms with Crippen molar-refractivity contribution in [3.05, 3.63) is 58.1 Å². The highest BCUT2D eigenvalue weighted by Gasteiger charge is 2.13. The first-order valence-electron chi connectivity index (χ1n) is 5.58. The molecule has 0 fully saturated rings. The Hall–Kier alpha value is -1.46. The minimum Gasteiger partial charge on any atom is -0.454 e. The molecule has 5 heteroatoms. The standard InChI is InChI=1S/C14H11BrF2O2/c1-8(18)11-7-10(16)3-5-13(11)19-14-4-2-9(15)6-12(14)17/h2-8,18H,1H3/t8-/m0/s1. The predicted octanol–water partition coefficient (Wildman–Crippen LogP) is 4.57. The van der Waals surface area contributed by atoms with E-state index in [-0.39, 0.29) is 17.1 Å². The van der Waals surface area contributed by atoms with Crippen LogP contribution in [0.1, 0.15) is 18.6 Å². The van der Waals surface area contributed by atoms with Crippen LogP contribution in [0.15, 0.2) is 40.9 Å². The largest absolute Gasteiger partial charge is 0.454 e. The number of rotatable bonds is 3. The van der Waals surface area contributed by atoms with Crippen molar-refractivity contribution in [2.45, 2.75) is 13.0 Å². The van der Waals surface area contributed by atoms with E-state index in [4.69, 9.17) is 4.74 Å². The van der Waals surface area contributed by atoms with Crippen molar-refractivity contribution in [2.75, 3.05) is 0 Å². The van der Waals surface area contributed by atoms with Crippen LogP contribution in [0.5, 0.6) is 11.5 Å². The molecule has 0 aliphatic rings. The van der Waals surface area contributed by atoms with Crippen molar-refractivity contribution in [1.29, 1.82) is 0 Å². The third-order valence-corrected chi connectivity index (χ3v) is 3.03. The summed E-state index contributed by atoms with van der Waals surface area (Å²) in [4.78, 5) is 0. The highest BCUT2D eigenvalue weighted by atomic mass is 79.9. The van der Waals surface area contributed by atoms with Crippen LogP contribution in [-0.2, 0) is 0 Å². The zero-order valence-corrected chi connectivity index (χ0v) is 11.6. The molecule has 2 aromatic rings. The maximum absolute atomic E-state index is 13.7. The smallest absolute Gasteiger partial charge is 0.166 e. The van der Waals surface area contributed by atoms with E-state index in [1.165, 1.54) is 31.2 Å². The first kappa shape index (κ1) is 14.0. The van der Waals surface area contributed by atoms with Gasteiger partial charge in [-0.25, -0.2) is 8.78 Å². The second-order valence-corrected chi connectivity index (χ2v) is 4.95. The van der Waals surface area contributed by atoms with E-state index in [0.717, 1.165) is 6.07 Å². The summed E-state index contributed by atoms with van der Waals surface area (Å²) in [6.07, 6.45) is -0.913. The SMILES string of the molecule is C[C@H](O)c1cc(F)ccc1Oc1ccc(Br)cc1F. The number of hydrogen-bond acceptors (Lipinski definition) is 2. The molecule has 0 aliphatic carbocycles. The van der Waals surface area contributed by atoms with Crippen LogP contribution in [0.25, 0.3) is 0 Å². The molecular formula is C14H11BrF2O2. The Bertz CT molecular complexity index is 600. The lowest BCUT2D eigenvalue weighted by Crippen LogP contribution is -1.98. The van der Waals surface area contributed by atoms with Crippen LogP contribution < -0.4 is 4.74 Å². The summed E-state index contributed by atoms with van der Waals surface area (Å²) in [5.41, 5.74) is 0.266.